The standard InChI is InChI=1S/C7H6F3NOS/c1-3(12)5-4(2)13-6(11-5)7(8,9)10/h1-2H3. The molecule has 72 valence electrons. The summed E-state index contributed by atoms with van der Waals surface area (Å²) < 4.78 is 36.2. The summed E-state index contributed by atoms with van der Waals surface area (Å²) in [7, 11) is 0. The minimum atomic E-state index is -4.46. The second kappa shape index (κ2) is 3.10. The molecule has 0 atom stereocenters. The van der Waals surface area contributed by atoms with Gasteiger partial charge in [0.05, 0.1) is 0 Å². The van der Waals surface area contributed by atoms with Crippen molar-refractivity contribution in [2.45, 2.75) is 20.0 Å². The highest BCUT2D eigenvalue weighted by molar-refractivity contribution is 7.12. The van der Waals surface area contributed by atoms with Crippen LogP contribution in [0.5, 0.6) is 0 Å². The van der Waals surface area contributed by atoms with Gasteiger partial charge in [-0.1, -0.05) is 0 Å². The number of rotatable bonds is 1. The minimum Gasteiger partial charge on any atom is -0.293 e. The molecule has 0 aromatic carbocycles. The summed E-state index contributed by atoms with van der Waals surface area (Å²) in [6.07, 6.45) is -4.46. The summed E-state index contributed by atoms with van der Waals surface area (Å²) in [6.45, 7) is 2.64. The van der Waals surface area contributed by atoms with Crippen molar-refractivity contribution in [3.05, 3.63) is 15.6 Å². The zero-order valence-corrected chi connectivity index (χ0v) is 7.71. The predicted octanol–water partition coefficient (Wildman–Crippen LogP) is 2.67. The van der Waals surface area contributed by atoms with E-state index in [0.717, 1.165) is 0 Å². The molecule has 13 heavy (non-hydrogen) atoms. The van der Waals surface area contributed by atoms with Crippen molar-refractivity contribution in [2.24, 2.45) is 0 Å². The van der Waals surface area contributed by atoms with E-state index in [1.165, 1.54) is 13.8 Å². The first-order valence-corrected chi connectivity index (χ1v) is 4.19. The number of thiazole rings is 1. The van der Waals surface area contributed by atoms with Gasteiger partial charge in [0.25, 0.3) is 0 Å². The molecule has 0 saturated heterocycles. The summed E-state index contributed by atoms with van der Waals surface area (Å²) in [5.74, 6) is -0.441. The largest absolute Gasteiger partial charge is 0.443 e. The van der Waals surface area contributed by atoms with Crippen LogP contribution in [0.3, 0.4) is 0 Å². The van der Waals surface area contributed by atoms with E-state index in [1.54, 1.807) is 0 Å². The number of alkyl halides is 3. The van der Waals surface area contributed by atoms with Gasteiger partial charge in [0.2, 0.25) is 0 Å². The quantitative estimate of drug-likeness (QED) is 0.665. The van der Waals surface area contributed by atoms with Crippen LogP contribution in [0.25, 0.3) is 0 Å². The van der Waals surface area contributed by atoms with E-state index in [2.05, 4.69) is 4.98 Å². The maximum atomic E-state index is 12.1. The third-order valence-corrected chi connectivity index (χ3v) is 2.39. The Hall–Kier alpha value is -0.910. The molecular weight excluding hydrogens is 203 g/mol. The molecule has 0 bridgehead atoms. The molecule has 0 fully saturated rings. The fourth-order valence-electron chi connectivity index (χ4n) is 0.844. The van der Waals surface area contributed by atoms with Crippen LogP contribution < -0.4 is 0 Å². The topological polar surface area (TPSA) is 30.0 Å². The molecule has 1 aromatic heterocycles. The number of aryl methyl sites for hydroxylation is 1. The number of nitrogens with zero attached hydrogens (tertiary/aromatic N) is 1. The van der Waals surface area contributed by atoms with Gasteiger partial charge in [-0.15, -0.1) is 11.3 Å². The molecule has 0 aliphatic heterocycles. The molecule has 1 rings (SSSR count). The van der Waals surface area contributed by atoms with E-state index in [4.69, 9.17) is 0 Å². The number of halogens is 3. The van der Waals surface area contributed by atoms with E-state index >= 15 is 0 Å². The zero-order chi connectivity index (χ0) is 10.2. The fraction of sp³-hybridized carbons (Fsp3) is 0.429. The molecule has 0 unspecified atom stereocenters. The molecule has 6 heteroatoms. The number of carbonyl (C=O) groups excluding carboxylic acids is 1. The van der Waals surface area contributed by atoms with Gasteiger partial charge in [0.1, 0.15) is 5.69 Å². The van der Waals surface area contributed by atoms with Gasteiger partial charge < -0.3 is 0 Å². The molecule has 1 heterocycles. The number of hydrogen-bond donors (Lipinski definition) is 0. The number of ketones is 1. The normalized spacial score (nSPS) is 11.8. The van der Waals surface area contributed by atoms with E-state index in [0.29, 0.717) is 16.2 Å². The van der Waals surface area contributed by atoms with Gasteiger partial charge in [-0.3, -0.25) is 4.79 Å². The lowest BCUT2D eigenvalue weighted by Gasteiger charge is -1.98. The molecule has 0 aliphatic carbocycles. The summed E-state index contributed by atoms with van der Waals surface area (Å²) in [5.41, 5.74) is -0.0858. The fourth-order valence-corrected chi connectivity index (χ4v) is 1.67. The summed E-state index contributed by atoms with van der Waals surface area (Å²) in [6, 6.07) is 0. The molecule has 2 nitrogen and oxygen atoms in total. The molecule has 0 radical (unpaired) electrons. The first-order chi connectivity index (χ1) is 5.82. The maximum Gasteiger partial charge on any atom is 0.443 e. The second-order valence-electron chi connectivity index (χ2n) is 2.48. The summed E-state index contributed by atoms with van der Waals surface area (Å²) >= 11 is 0.493. The van der Waals surface area contributed by atoms with Crippen LogP contribution in [0.4, 0.5) is 13.2 Å². The third-order valence-electron chi connectivity index (χ3n) is 1.37. The monoisotopic (exact) mass is 209 g/mol. The molecular formula is C7H6F3NOS. The van der Waals surface area contributed by atoms with Gasteiger partial charge in [0, 0.05) is 11.8 Å². The lowest BCUT2D eigenvalue weighted by Crippen LogP contribution is -2.05. The SMILES string of the molecule is CC(=O)c1nc(C(F)(F)F)sc1C. The number of Topliss-reactive ketones (excluding diaryl/α,β-unsaturated/α-hetero) is 1. The lowest BCUT2D eigenvalue weighted by molar-refractivity contribution is -0.137. The van der Waals surface area contributed by atoms with Crippen molar-refractivity contribution in [3.63, 3.8) is 0 Å². The Balaban J connectivity index is 3.17. The van der Waals surface area contributed by atoms with Crippen LogP contribution in [0.2, 0.25) is 0 Å². The first kappa shape index (κ1) is 10.2. The Kier molecular flexibility index (Phi) is 2.42. The van der Waals surface area contributed by atoms with Gasteiger partial charge in [-0.2, -0.15) is 13.2 Å². The van der Waals surface area contributed by atoms with Crippen molar-refractivity contribution >= 4 is 17.1 Å². The second-order valence-corrected chi connectivity index (χ2v) is 3.68. The van der Waals surface area contributed by atoms with Crippen molar-refractivity contribution in [2.75, 3.05) is 0 Å². The Labute approximate surface area is 76.4 Å². The average molecular weight is 209 g/mol. The van der Waals surface area contributed by atoms with E-state index in [9.17, 15) is 18.0 Å². The van der Waals surface area contributed by atoms with E-state index < -0.39 is 17.0 Å². The summed E-state index contributed by atoms with van der Waals surface area (Å²) in [4.78, 5) is 14.3. The Morgan fingerprint density at radius 2 is 2.00 bits per heavy atom. The number of hydrogen-bond acceptors (Lipinski definition) is 3. The van der Waals surface area contributed by atoms with Crippen LogP contribution in [0.15, 0.2) is 0 Å². The Morgan fingerprint density at radius 3 is 2.23 bits per heavy atom. The molecule has 0 saturated carbocycles. The first-order valence-electron chi connectivity index (χ1n) is 3.38. The van der Waals surface area contributed by atoms with Crippen LogP contribution in [-0.4, -0.2) is 10.8 Å². The molecule has 0 N–H and O–H groups in total. The van der Waals surface area contributed by atoms with E-state index in [-0.39, 0.29) is 5.69 Å². The van der Waals surface area contributed by atoms with Crippen molar-refractivity contribution in [1.29, 1.82) is 0 Å². The van der Waals surface area contributed by atoms with Crippen LogP contribution >= 0.6 is 11.3 Å². The predicted molar refractivity (Wildman–Crippen MR) is 41.9 cm³/mol. The highest BCUT2D eigenvalue weighted by Gasteiger charge is 2.35. The van der Waals surface area contributed by atoms with Crippen molar-refractivity contribution < 1.29 is 18.0 Å². The van der Waals surface area contributed by atoms with Gasteiger partial charge in [-0.05, 0) is 6.92 Å². The molecule has 0 spiro atoms. The Morgan fingerprint density at radius 1 is 1.46 bits per heavy atom. The highest BCUT2D eigenvalue weighted by Crippen LogP contribution is 2.33. The van der Waals surface area contributed by atoms with Crippen LogP contribution in [0, 0.1) is 6.92 Å². The third kappa shape index (κ3) is 2.06. The lowest BCUT2D eigenvalue weighted by atomic mass is 10.3. The smallest absolute Gasteiger partial charge is 0.293 e. The summed E-state index contributed by atoms with van der Waals surface area (Å²) in [5, 5.41) is -0.963. The Bertz CT molecular complexity index is 342. The van der Waals surface area contributed by atoms with Crippen LogP contribution in [-0.2, 0) is 6.18 Å². The molecule has 0 amide bonds. The minimum absolute atomic E-state index is 0.0858. The number of aromatic nitrogens is 1. The van der Waals surface area contributed by atoms with Gasteiger partial charge in [-0.25, -0.2) is 4.98 Å². The van der Waals surface area contributed by atoms with Crippen molar-refractivity contribution in [1.82, 2.24) is 4.98 Å². The maximum absolute atomic E-state index is 12.1. The molecule has 0 aliphatic rings. The van der Waals surface area contributed by atoms with Gasteiger partial charge >= 0.3 is 6.18 Å². The highest BCUT2D eigenvalue weighted by atomic mass is 32.1. The van der Waals surface area contributed by atoms with Gasteiger partial charge in [0.15, 0.2) is 10.8 Å². The average Bonchev–Trinajstić information content (AvgIpc) is 2.29. The zero-order valence-electron chi connectivity index (χ0n) is 6.90. The van der Waals surface area contributed by atoms with Crippen molar-refractivity contribution in [3.8, 4) is 0 Å². The number of carbonyl (C=O) groups is 1. The van der Waals surface area contributed by atoms with Crippen LogP contribution in [0.1, 0.15) is 27.3 Å². The van der Waals surface area contributed by atoms with E-state index in [1.807, 2.05) is 0 Å². The molecule has 1 aromatic rings.